The van der Waals surface area contributed by atoms with Crippen molar-refractivity contribution in [3.8, 4) is 0 Å². The van der Waals surface area contributed by atoms with Gasteiger partial charge < -0.3 is 25.0 Å². The zero-order valence-electron chi connectivity index (χ0n) is 14.7. The summed E-state index contributed by atoms with van der Waals surface area (Å²) in [6.45, 7) is 4.47. The number of piperidine rings is 1. The third-order valence-electron chi connectivity index (χ3n) is 3.85. The molecule has 1 aliphatic rings. The molecule has 0 saturated carbocycles. The zero-order chi connectivity index (χ0) is 18.1. The van der Waals surface area contributed by atoms with Crippen molar-refractivity contribution in [2.75, 3.05) is 45.3 Å². The van der Waals surface area contributed by atoms with E-state index in [-0.39, 0.29) is 23.7 Å². The maximum absolute atomic E-state index is 12.2. The van der Waals surface area contributed by atoms with Gasteiger partial charge in [-0.2, -0.15) is 0 Å². The summed E-state index contributed by atoms with van der Waals surface area (Å²) >= 11 is 0. The van der Waals surface area contributed by atoms with Gasteiger partial charge in [-0.25, -0.2) is 14.8 Å². The highest BCUT2D eigenvalue weighted by molar-refractivity contribution is 5.92. The second kappa shape index (κ2) is 9.77. The Labute approximate surface area is 147 Å². The number of anilines is 1. The molecule has 2 rings (SSSR count). The Balaban J connectivity index is 1.77. The van der Waals surface area contributed by atoms with E-state index in [1.807, 2.05) is 0 Å². The topological polar surface area (TPSA) is 106 Å². The van der Waals surface area contributed by atoms with Crippen molar-refractivity contribution in [1.29, 1.82) is 0 Å². The molecule has 0 aliphatic carbocycles. The van der Waals surface area contributed by atoms with E-state index >= 15 is 0 Å². The molecule has 0 unspecified atom stereocenters. The van der Waals surface area contributed by atoms with Crippen LogP contribution in [0.25, 0.3) is 0 Å². The van der Waals surface area contributed by atoms with Gasteiger partial charge in [0.2, 0.25) is 0 Å². The van der Waals surface area contributed by atoms with Crippen LogP contribution in [0.15, 0.2) is 12.4 Å². The molecule has 1 fully saturated rings. The Morgan fingerprint density at radius 2 is 2.04 bits per heavy atom. The van der Waals surface area contributed by atoms with Crippen LogP contribution in [0.3, 0.4) is 0 Å². The number of ether oxygens (including phenoxy) is 2. The van der Waals surface area contributed by atoms with E-state index in [0.29, 0.717) is 51.5 Å². The predicted molar refractivity (Wildman–Crippen MR) is 91.5 cm³/mol. The van der Waals surface area contributed by atoms with Crippen LogP contribution in [-0.4, -0.2) is 72.9 Å². The van der Waals surface area contributed by atoms with Crippen molar-refractivity contribution in [2.24, 2.45) is 0 Å². The number of nitrogens with zero attached hydrogens (tertiary/aromatic N) is 3. The summed E-state index contributed by atoms with van der Waals surface area (Å²) in [6.07, 6.45) is 4.05. The molecule has 0 spiro atoms. The monoisotopic (exact) mass is 351 g/mol. The maximum Gasteiger partial charge on any atom is 0.409 e. The fourth-order valence-electron chi connectivity index (χ4n) is 2.50. The number of nitrogens with one attached hydrogen (secondary N) is 2. The third kappa shape index (κ3) is 5.86. The molecule has 9 heteroatoms. The maximum atomic E-state index is 12.2. The van der Waals surface area contributed by atoms with Crippen LogP contribution in [0, 0.1) is 0 Å². The fraction of sp³-hybridized carbons (Fsp3) is 0.625. The summed E-state index contributed by atoms with van der Waals surface area (Å²) in [7, 11) is 1.62. The number of carbonyl (C=O) groups excluding carboxylic acids is 2. The summed E-state index contributed by atoms with van der Waals surface area (Å²) in [6, 6.07) is 0.0134. The molecule has 0 bridgehead atoms. The van der Waals surface area contributed by atoms with E-state index in [1.54, 1.807) is 18.9 Å². The number of hydrogen-bond donors (Lipinski definition) is 2. The average molecular weight is 351 g/mol. The molecule has 0 atom stereocenters. The molecular formula is C16H25N5O4. The Hall–Kier alpha value is -2.42. The molecule has 138 valence electrons. The first-order valence-electron chi connectivity index (χ1n) is 8.41. The standard InChI is InChI=1S/C16H25N5O4/c1-3-25-16(23)21-7-4-12(5-8-21)20-15(22)13-10-19-14(11-18-13)17-6-9-24-2/h10-12H,3-9H2,1-2H3,(H,17,19)(H,20,22). The quantitative estimate of drug-likeness (QED) is 0.703. The van der Waals surface area contributed by atoms with Crippen molar-refractivity contribution in [2.45, 2.75) is 25.8 Å². The summed E-state index contributed by atoms with van der Waals surface area (Å²) in [5, 5.41) is 5.98. The van der Waals surface area contributed by atoms with Gasteiger partial charge in [0, 0.05) is 32.8 Å². The van der Waals surface area contributed by atoms with Gasteiger partial charge in [-0.05, 0) is 19.8 Å². The highest BCUT2D eigenvalue weighted by atomic mass is 16.6. The van der Waals surface area contributed by atoms with Gasteiger partial charge in [-0.1, -0.05) is 0 Å². The first-order chi connectivity index (χ1) is 12.1. The molecule has 0 aromatic carbocycles. The van der Waals surface area contributed by atoms with Gasteiger partial charge in [-0.15, -0.1) is 0 Å². The van der Waals surface area contributed by atoms with E-state index in [9.17, 15) is 9.59 Å². The van der Waals surface area contributed by atoms with E-state index in [4.69, 9.17) is 9.47 Å². The van der Waals surface area contributed by atoms with Crippen molar-refractivity contribution >= 4 is 17.8 Å². The number of aromatic nitrogens is 2. The smallest absolute Gasteiger partial charge is 0.409 e. The minimum Gasteiger partial charge on any atom is -0.450 e. The lowest BCUT2D eigenvalue weighted by molar-refractivity contribution is 0.0856. The molecule has 2 amide bonds. The largest absolute Gasteiger partial charge is 0.450 e. The van der Waals surface area contributed by atoms with Crippen molar-refractivity contribution in [1.82, 2.24) is 20.2 Å². The fourth-order valence-corrected chi connectivity index (χ4v) is 2.50. The minimum atomic E-state index is -0.297. The van der Waals surface area contributed by atoms with Crippen LogP contribution in [0.2, 0.25) is 0 Å². The van der Waals surface area contributed by atoms with Gasteiger partial charge in [-0.3, -0.25) is 4.79 Å². The third-order valence-corrected chi connectivity index (χ3v) is 3.85. The lowest BCUT2D eigenvalue weighted by atomic mass is 10.1. The molecule has 2 N–H and O–H groups in total. The second-order valence-corrected chi connectivity index (χ2v) is 5.64. The van der Waals surface area contributed by atoms with E-state index in [1.165, 1.54) is 12.4 Å². The van der Waals surface area contributed by atoms with Crippen LogP contribution in [-0.2, 0) is 9.47 Å². The van der Waals surface area contributed by atoms with E-state index in [2.05, 4.69) is 20.6 Å². The number of hydrogen-bond acceptors (Lipinski definition) is 7. The number of carbonyl (C=O) groups is 2. The normalized spacial score (nSPS) is 14.9. The molecular weight excluding hydrogens is 326 g/mol. The Morgan fingerprint density at radius 1 is 1.28 bits per heavy atom. The van der Waals surface area contributed by atoms with Gasteiger partial charge >= 0.3 is 6.09 Å². The molecule has 1 aromatic heterocycles. The average Bonchev–Trinajstić information content (AvgIpc) is 2.63. The van der Waals surface area contributed by atoms with E-state index in [0.717, 1.165) is 0 Å². The Morgan fingerprint density at radius 3 is 2.64 bits per heavy atom. The first kappa shape index (κ1) is 18.9. The zero-order valence-corrected chi connectivity index (χ0v) is 14.7. The lowest BCUT2D eigenvalue weighted by Gasteiger charge is -2.31. The van der Waals surface area contributed by atoms with E-state index < -0.39 is 0 Å². The molecule has 9 nitrogen and oxygen atoms in total. The highest BCUT2D eigenvalue weighted by Crippen LogP contribution is 2.12. The van der Waals surface area contributed by atoms with Crippen molar-refractivity contribution in [3.05, 3.63) is 18.1 Å². The van der Waals surface area contributed by atoms with Crippen LogP contribution in [0.4, 0.5) is 10.6 Å². The molecule has 25 heavy (non-hydrogen) atoms. The SMILES string of the molecule is CCOC(=O)N1CCC(NC(=O)c2cnc(NCCOC)cn2)CC1. The van der Waals surface area contributed by atoms with Gasteiger partial charge in [0.05, 0.1) is 25.6 Å². The van der Waals surface area contributed by atoms with Gasteiger partial charge in [0.1, 0.15) is 11.5 Å². The second-order valence-electron chi connectivity index (χ2n) is 5.64. The molecule has 0 radical (unpaired) electrons. The highest BCUT2D eigenvalue weighted by Gasteiger charge is 2.25. The van der Waals surface area contributed by atoms with Crippen LogP contribution < -0.4 is 10.6 Å². The predicted octanol–water partition coefficient (Wildman–Crippen LogP) is 0.886. The lowest BCUT2D eigenvalue weighted by Crippen LogP contribution is -2.46. The number of likely N-dealkylation sites (tertiary alicyclic amines) is 1. The number of methoxy groups -OCH3 is 1. The molecule has 2 heterocycles. The van der Waals surface area contributed by atoms with Crippen LogP contribution in [0.1, 0.15) is 30.3 Å². The number of rotatable bonds is 7. The Bertz CT molecular complexity index is 558. The van der Waals surface area contributed by atoms with Gasteiger partial charge in [0.25, 0.3) is 5.91 Å². The van der Waals surface area contributed by atoms with Crippen LogP contribution >= 0.6 is 0 Å². The molecule has 1 aromatic rings. The van der Waals surface area contributed by atoms with Gasteiger partial charge in [0.15, 0.2) is 0 Å². The Kier molecular flexibility index (Phi) is 7.39. The molecule has 1 saturated heterocycles. The summed E-state index contributed by atoms with van der Waals surface area (Å²) < 4.78 is 9.92. The number of amides is 2. The summed E-state index contributed by atoms with van der Waals surface area (Å²) in [4.78, 5) is 33.9. The summed E-state index contributed by atoms with van der Waals surface area (Å²) in [5.74, 6) is 0.335. The summed E-state index contributed by atoms with van der Waals surface area (Å²) in [5.41, 5.74) is 0.269. The first-order valence-corrected chi connectivity index (χ1v) is 8.41. The minimum absolute atomic E-state index is 0.0134. The van der Waals surface area contributed by atoms with Crippen molar-refractivity contribution in [3.63, 3.8) is 0 Å². The molecule has 1 aliphatic heterocycles. The van der Waals surface area contributed by atoms with Crippen molar-refractivity contribution < 1.29 is 19.1 Å². The van der Waals surface area contributed by atoms with Crippen LogP contribution in [0.5, 0.6) is 0 Å².